The van der Waals surface area contributed by atoms with Gasteiger partial charge in [0, 0.05) is 12.8 Å². The lowest BCUT2D eigenvalue weighted by molar-refractivity contribution is 0.260. The van der Waals surface area contributed by atoms with Crippen molar-refractivity contribution in [1.82, 2.24) is 14.8 Å². The highest BCUT2D eigenvalue weighted by molar-refractivity contribution is 7.98. The zero-order valence-corrected chi connectivity index (χ0v) is 18.2. The van der Waals surface area contributed by atoms with Crippen molar-refractivity contribution in [3.8, 4) is 11.5 Å². The van der Waals surface area contributed by atoms with Gasteiger partial charge in [0.2, 0.25) is 0 Å². The Labute approximate surface area is 179 Å². The third kappa shape index (κ3) is 5.13. The molecule has 0 atom stereocenters. The minimum atomic E-state index is 0.306. The number of nitrogens with zero attached hydrogens (tertiary/aromatic N) is 3. The zero-order valence-electron chi connectivity index (χ0n) is 15.9. The fourth-order valence-corrected chi connectivity index (χ4v) is 3.71. The average Bonchev–Trinajstić information content (AvgIpc) is 3.02. The quantitative estimate of drug-likeness (QED) is 0.422. The normalized spacial score (nSPS) is 10.9. The van der Waals surface area contributed by atoms with Crippen molar-refractivity contribution in [3.63, 3.8) is 0 Å². The summed E-state index contributed by atoms with van der Waals surface area (Å²) in [4.78, 5) is 0. The summed E-state index contributed by atoms with van der Waals surface area (Å²) in [6.07, 6.45) is 0. The predicted molar refractivity (Wildman–Crippen MR) is 114 cm³/mol. The fraction of sp³-hybridized carbons (Fsp3) is 0.300. The summed E-state index contributed by atoms with van der Waals surface area (Å²) in [6, 6.07) is 11.5. The maximum absolute atomic E-state index is 6.07. The molecule has 3 rings (SSSR count). The Morgan fingerprint density at radius 2 is 1.82 bits per heavy atom. The number of aryl methyl sites for hydroxylation is 1. The standard InChI is InChI=1S/C20H21Cl2N3O2S/c1-4-26-18-9-13(2)5-8-17(18)27-11-19-23-24-20(25(19)3)28-12-14-6-7-15(21)16(22)10-14/h5-10H,4,11-12H2,1-3H3. The number of aromatic nitrogens is 3. The van der Waals surface area contributed by atoms with Crippen LogP contribution >= 0.6 is 35.0 Å². The molecule has 0 bridgehead atoms. The van der Waals surface area contributed by atoms with Gasteiger partial charge in [-0.25, -0.2) is 0 Å². The maximum atomic E-state index is 6.07. The van der Waals surface area contributed by atoms with Crippen LogP contribution in [0, 0.1) is 6.92 Å². The molecule has 0 saturated heterocycles. The van der Waals surface area contributed by atoms with E-state index >= 15 is 0 Å². The first-order valence-electron chi connectivity index (χ1n) is 8.79. The van der Waals surface area contributed by atoms with Crippen molar-refractivity contribution >= 4 is 35.0 Å². The van der Waals surface area contributed by atoms with Gasteiger partial charge in [-0.05, 0) is 49.2 Å². The average molecular weight is 438 g/mol. The Morgan fingerprint density at radius 1 is 1.00 bits per heavy atom. The number of thioether (sulfide) groups is 1. The maximum Gasteiger partial charge on any atom is 0.191 e. The van der Waals surface area contributed by atoms with Crippen LogP contribution in [0.3, 0.4) is 0 Å². The van der Waals surface area contributed by atoms with E-state index in [1.54, 1.807) is 17.8 Å². The SMILES string of the molecule is CCOc1cc(C)ccc1OCc1nnc(SCc2ccc(Cl)c(Cl)c2)n1C. The lowest BCUT2D eigenvalue weighted by Gasteiger charge is -2.12. The summed E-state index contributed by atoms with van der Waals surface area (Å²) < 4.78 is 13.5. The molecule has 0 aliphatic carbocycles. The summed E-state index contributed by atoms with van der Waals surface area (Å²) in [5, 5.41) is 10.4. The van der Waals surface area contributed by atoms with E-state index in [1.807, 2.05) is 55.8 Å². The molecule has 1 aromatic heterocycles. The number of halogens is 2. The highest BCUT2D eigenvalue weighted by Crippen LogP contribution is 2.30. The number of ether oxygens (including phenoxy) is 2. The minimum Gasteiger partial charge on any atom is -0.490 e. The van der Waals surface area contributed by atoms with Gasteiger partial charge in [-0.3, -0.25) is 0 Å². The van der Waals surface area contributed by atoms with E-state index in [9.17, 15) is 0 Å². The van der Waals surface area contributed by atoms with Crippen LogP contribution in [-0.2, 0) is 19.4 Å². The Bertz CT molecular complexity index is 963. The number of rotatable bonds is 8. The number of benzene rings is 2. The van der Waals surface area contributed by atoms with Crippen LogP contribution in [0.2, 0.25) is 10.0 Å². The molecule has 8 heteroatoms. The van der Waals surface area contributed by atoms with E-state index < -0.39 is 0 Å². The largest absolute Gasteiger partial charge is 0.490 e. The van der Waals surface area contributed by atoms with Crippen molar-refractivity contribution in [2.24, 2.45) is 7.05 Å². The van der Waals surface area contributed by atoms with Crippen LogP contribution in [0.25, 0.3) is 0 Å². The summed E-state index contributed by atoms with van der Waals surface area (Å²) >= 11 is 13.6. The van der Waals surface area contributed by atoms with E-state index in [-0.39, 0.29) is 0 Å². The molecule has 0 unspecified atom stereocenters. The summed E-state index contributed by atoms with van der Waals surface area (Å²) in [5.41, 5.74) is 2.19. The molecule has 0 amide bonds. The first-order valence-corrected chi connectivity index (χ1v) is 10.5. The fourth-order valence-electron chi connectivity index (χ4n) is 2.52. The first kappa shape index (κ1) is 20.8. The van der Waals surface area contributed by atoms with Crippen LogP contribution in [0.1, 0.15) is 23.9 Å². The number of hydrogen-bond donors (Lipinski definition) is 0. The van der Waals surface area contributed by atoms with Gasteiger partial charge in [-0.1, -0.05) is 47.1 Å². The molecule has 3 aromatic rings. The Balaban J connectivity index is 1.64. The smallest absolute Gasteiger partial charge is 0.191 e. The second-order valence-electron chi connectivity index (χ2n) is 6.17. The molecule has 0 N–H and O–H groups in total. The van der Waals surface area contributed by atoms with Crippen LogP contribution < -0.4 is 9.47 Å². The molecular weight excluding hydrogens is 417 g/mol. The van der Waals surface area contributed by atoms with Crippen molar-refractivity contribution in [3.05, 3.63) is 63.4 Å². The monoisotopic (exact) mass is 437 g/mol. The molecule has 0 fully saturated rings. The number of hydrogen-bond acceptors (Lipinski definition) is 5. The van der Waals surface area contributed by atoms with Crippen molar-refractivity contribution in [2.45, 2.75) is 31.4 Å². The third-order valence-corrected chi connectivity index (χ3v) is 5.86. The molecule has 0 saturated carbocycles. The highest BCUT2D eigenvalue weighted by atomic mass is 35.5. The highest BCUT2D eigenvalue weighted by Gasteiger charge is 2.12. The van der Waals surface area contributed by atoms with E-state index in [2.05, 4.69) is 10.2 Å². The van der Waals surface area contributed by atoms with E-state index in [0.717, 1.165) is 33.6 Å². The molecule has 148 valence electrons. The molecule has 0 aliphatic heterocycles. The van der Waals surface area contributed by atoms with Gasteiger partial charge in [-0.15, -0.1) is 10.2 Å². The van der Waals surface area contributed by atoms with Gasteiger partial charge in [0.1, 0.15) is 6.61 Å². The van der Waals surface area contributed by atoms with E-state index in [4.69, 9.17) is 32.7 Å². The van der Waals surface area contributed by atoms with Crippen LogP contribution in [0.15, 0.2) is 41.6 Å². The lowest BCUT2D eigenvalue weighted by Crippen LogP contribution is -2.05. The van der Waals surface area contributed by atoms with Crippen molar-refractivity contribution in [1.29, 1.82) is 0 Å². The molecular formula is C20H21Cl2N3O2S. The minimum absolute atomic E-state index is 0.306. The van der Waals surface area contributed by atoms with Gasteiger partial charge in [0.15, 0.2) is 22.5 Å². The van der Waals surface area contributed by atoms with Gasteiger partial charge in [-0.2, -0.15) is 0 Å². The van der Waals surface area contributed by atoms with Crippen LogP contribution in [0.4, 0.5) is 0 Å². The zero-order chi connectivity index (χ0) is 20.1. The van der Waals surface area contributed by atoms with Gasteiger partial charge in [0.25, 0.3) is 0 Å². The van der Waals surface area contributed by atoms with Gasteiger partial charge >= 0.3 is 0 Å². The second kappa shape index (κ2) is 9.54. The van der Waals surface area contributed by atoms with E-state index in [1.165, 1.54) is 0 Å². The summed E-state index contributed by atoms with van der Waals surface area (Å²) in [6.45, 7) is 4.86. The van der Waals surface area contributed by atoms with Crippen molar-refractivity contribution < 1.29 is 9.47 Å². The first-order chi connectivity index (χ1) is 13.5. The molecule has 1 heterocycles. The van der Waals surface area contributed by atoms with Crippen molar-refractivity contribution in [2.75, 3.05) is 6.61 Å². The van der Waals surface area contributed by atoms with Gasteiger partial charge in [0.05, 0.1) is 16.7 Å². The predicted octanol–water partition coefficient (Wildman–Crippen LogP) is 5.70. The molecule has 0 radical (unpaired) electrons. The Kier molecular flexibility index (Phi) is 7.10. The Hall–Kier alpha value is -1.89. The molecule has 0 aliphatic rings. The van der Waals surface area contributed by atoms with E-state index in [0.29, 0.717) is 29.0 Å². The Morgan fingerprint density at radius 3 is 2.57 bits per heavy atom. The lowest BCUT2D eigenvalue weighted by atomic mass is 10.2. The molecule has 2 aromatic carbocycles. The molecule has 28 heavy (non-hydrogen) atoms. The summed E-state index contributed by atoms with van der Waals surface area (Å²) in [5.74, 6) is 2.88. The molecule has 0 spiro atoms. The van der Waals surface area contributed by atoms with Crippen LogP contribution in [0.5, 0.6) is 11.5 Å². The second-order valence-corrected chi connectivity index (χ2v) is 7.92. The van der Waals surface area contributed by atoms with Gasteiger partial charge < -0.3 is 14.0 Å². The third-order valence-electron chi connectivity index (χ3n) is 4.03. The summed E-state index contributed by atoms with van der Waals surface area (Å²) in [7, 11) is 1.93. The topological polar surface area (TPSA) is 49.2 Å². The van der Waals surface area contributed by atoms with Crippen LogP contribution in [-0.4, -0.2) is 21.4 Å². The molecule has 5 nitrogen and oxygen atoms in total.